The van der Waals surface area contributed by atoms with Crippen LogP contribution in [-0.2, 0) is 15.1 Å². The van der Waals surface area contributed by atoms with Gasteiger partial charge in [-0.05, 0) is 43.3 Å². The van der Waals surface area contributed by atoms with E-state index in [4.69, 9.17) is 4.42 Å². The van der Waals surface area contributed by atoms with E-state index in [9.17, 15) is 14.4 Å². The Balaban J connectivity index is 1.71. The van der Waals surface area contributed by atoms with E-state index in [2.05, 4.69) is 26.6 Å². The van der Waals surface area contributed by atoms with Crippen LogP contribution in [0.4, 0.5) is 10.5 Å². The Labute approximate surface area is 146 Å². The number of rotatable bonds is 4. The van der Waals surface area contributed by atoms with Crippen molar-refractivity contribution in [3.8, 4) is 0 Å². The van der Waals surface area contributed by atoms with Crippen molar-refractivity contribution in [1.29, 1.82) is 0 Å². The molecule has 2 N–H and O–H groups in total. The SMILES string of the molecule is CC1(c2ccco2)NC(=O)N(CC(=O)Nc2ccc(Br)cc2)C1=O. The predicted octanol–water partition coefficient (Wildman–Crippen LogP) is 2.45. The van der Waals surface area contributed by atoms with Gasteiger partial charge in [-0.15, -0.1) is 0 Å². The maximum absolute atomic E-state index is 12.6. The summed E-state index contributed by atoms with van der Waals surface area (Å²) in [5.74, 6) is -0.686. The monoisotopic (exact) mass is 391 g/mol. The van der Waals surface area contributed by atoms with Crippen LogP contribution in [0.3, 0.4) is 0 Å². The summed E-state index contributed by atoms with van der Waals surface area (Å²) < 4.78 is 6.11. The van der Waals surface area contributed by atoms with Crippen molar-refractivity contribution >= 4 is 39.5 Å². The average molecular weight is 392 g/mol. The van der Waals surface area contributed by atoms with E-state index >= 15 is 0 Å². The molecule has 4 amide bonds. The van der Waals surface area contributed by atoms with Gasteiger partial charge in [0.05, 0.1) is 6.26 Å². The van der Waals surface area contributed by atoms with Crippen molar-refractivity contribution in [1.82, 2.24) is 10.2 Å². The van der Waals surface area contributed by atoms with Crippen molar-refractivity contribution in [3.63, 3.8) is 0 Å². The number of amides is 4. The fourth-order valence-electron chi connectivity index (χ4n) is 2.45. The molecule has 3 rings (SSSR count). The Morgan fingerprint density at radius 2 is 2.00 bits per heavy atom. The smallest absolute Gasteiger partial charge is 0.325 e. The lowest BCUT2D eigenvalue weighted by Crippen LogP contribution is -2.41. The van der Waals surface area contributed by atoms with Crippen LogP contribution in [0.25, 0.3) is 0 Å². The molecule has 1 aromatic carbocycles. The highest BCUT2D eigenvalue weighted by Crippen LogP contribution is 2.28. The second kappa shape index (κ2) is 6.12. The average Bonchev–Trinajstić information content (AvgIpc) is 3.14. The van der Waals surface area contributed by atoms with Gasteiger partial charge in [0.1, 0.15) is 12.3 Å². The van der Waals surface area contributed by atoms with Crippen LogP contribution in [-0.4, -0.2) is 29.3 Å². The van der Waals surface area contributed by atoms with Crippen LogP contribution in [0, 0.1) is 0 Å². The molecular formula is C16H14BrN3O4. The maximum atomic E-state index is 12.6. The summed E-state index contributed by atoms with van der Waals surface area (Å²) in [7, 11) is 0. The van der Waals surface area contributed by atoms with Gasteiger partial charge >= 0.3 is 6.03 Å². The van der Waals surface area contributed by atoms with Crippen LogP contribution in [0.1, 0.15) is 12.7 Å². The second-order valence-electron chi connectivity index (χ2n) is 5.48. The zero-order valence-corrected chi connectivity index (χ0v) is 14.3. The van der Waals surface area contributed by atoms with Gasteiger partial charge in [0.15, 0.2) is 5.54 Å². The normalized spacial score (nSPS) is 20.2. The molecule has 1 unspecified atom stereocenters. The molecule has 1 aliphatic rings. The van der Waals surface area contributed by atoms with E-state index < -0.39 is 23.4 Å². The molecule has 0 bridgehead atoms. The van der Waals surface area contributed by atoms with Gasteiger partial charge in [0.25, 0.3) is 5.91 Å². The molecule has 1 aromatic heterocycles. The molecule has 0 radical (unpaired) electrons. The minimum Gasteiger partial charge on any atom is -0.466 e. The number of hydrogen-bond donors (Lipinski definition) is 2. The minimum absolute atomic E-state index is 0.316. The third-order valence-corrected chi connectivity index (χ3v) is 4.25. The van der Waals surface area contributed by atoms with Gasteiger partial charge in [-0.1, -0.05) is 15.9 Å². The first-order chi connectivity index (χ1) is 11.4. The van der Waals surface area contributed by atoms with Gasteiger partial charge in [-0.2, -0.15) is 0 Å². The summed E-state index contributed by atoms with van der Waals surface area (Å²) in [6.07, 6.45) is 1.42. The van der Waals surface area contributed by atoms with Gasteiger partial charge in [0, 0.05) is 10.2 Å². The Hall–Kier alpha value is -2.61. The first-order valence-corrected chi connectivity index (χ1v) is 7.93. The lowest BCUT2D eigenvalue weighted by atomic mass is 9.99. The van der Waals surface area contributed by atoms with E-state index in [0.717, 1.165) is 9.37 Å². The highest BCUT2D eigenvalue weighted by molar-refractivity contribution is 9.10. The van der Waals surface area contributed by atoms with Crippen LogP contribution in [0.15, 0.2) is 51.6 Å². The summed E-state index contributed by atoms with van der Waals surface area (Å²) >= 11 is 3.30. The standard InChI is InChI=1S/C16H14BrN3O4/c1-16(12-3-2-8-24-12)14(22)20(15(23)19-16)9-13(21)18-11-6-4-10(17)5-7-11/h2-8H,9H2,1H3,(H,18,21)(H,19,23). The van der Waals surface area contributed by atoms with Crippen molar-refractivity contribution in [2.24, 2.45) is 0 Å². The van der Waals surface area contributed by atoms with Crippen molar-refractivity contribution in [3.05, 3.63) is 52.9 Å². The van der Waals surface area contributed by atoms with Crippen molar-refractivity contribution in [2.75, 3.05) is 11.9 Å². The molecule has 2 aromatic rings. The molecule has 124 valence electrons. The van der Waals surface area contributed by atoms with Crippen LogP contribution >= 0.6 is 15.9 Å². The molecule has 0 spiro atoms. The molecule has 0 saturated carbocycles. The molecule has 1 fully saturated rings. The Bertz CT molecular complexity index is 788. The van der Waals surface area contributed by atoms with E-state index in [1.807, 2.05) is 0 Å². The predicted molar refractivity (Wildman–Crippen MR) is 89.1 cm³/mol. The van der Waals surface area contributed by atoms with E-state index in [0.29, 0.717) is 11.4 Å². The zero-order valence-electron chi connectivity index (χ0n) is 12.7. The third-order valence-electron chi connectivity index (χ3n) is 3.72. The molecule has 1 saturated heterocycles. The largest absolute Gasteiger partial charge is 0.466 e. The number of carbonyl (C=O) groups is 3. The molecule has 0 aliphatic carbocycles. The Morgan fingerprint density at radius 1 is 1.29 bits per heavy atom. The van der Waals surface area contributed by atoms with Crippen LogP contribution < -0.4 is 10.6 Å². The number of carbonyl (C=O) groups excluding carboxylic acids is 3. The number of imide groups is 1. The van der Waals surface area contributed by atoms with Crippen LogP contribution in [0.5, 0.6) is 0 Å². The number of anilines is 1. The highest BCUT2D eigenvalue weighted by Gasteiger charge is 2.51. The van der Waals surface area contributed by atoms with E-state index in [-0.39, 0.29) is 6.54 Å². The Morgan fingerprint density at radius 3 is 2.62 bits per heavy atom. The van der Waals surface area contributed by atoms with Gasteiger partial charge in [0.2, 0.25) is 5.91 Å². The lowest BCUT2D eigenvalue weighted by Gasteiger charge is -2.18. The summed E-state index contributed by atoms with van der Waals surface area (Å²) in [6, 6.07) is 9.56. The van der Waals surface area contributed by atoms with Crippen LogP contribution in [0.2, 0.25) is 0 Å². The molecule has 1 aliphatic heterocycles. The van der Waals surface area contributed by atoms with E-state index in [1.54, 1.807) is 43.3 Å². The van der Waals surface area contributed by atoms with E-state index in [1.165, 1.54) is 6.26 Å². The molecular weight excluding hydrogens is 378 g/mol. The van der Waals surface area contributed by atoms with Crippen molar-refractivity contribution < 1.29 is 18.8 Å². The van der Waals surface area contributed by atoms with Gasteiger partial charge < -0.3 is 15.1 Å². The summed E-state index contributed by atoms with van der Waals surface area (Å²) in [5.41, 5.74) is -0.734. The summed E-state index contributed by atoms with van der Waals surface area (Å²) in [6.45, 7) is 1.16. The number of hydrogen-bond acceptors (Lipinski definition) is 4. The number of nitrogens with one attached hydrogen (secondary N) is 2. The third kappa shape index (κ3) is 2.92. The number of urea groups is 1. The minimum atomic E-state index is -1.31. The first-order valence-electron chi connectivity index (χ1n) is 7.13. The van der Waals surface area contributed by atoms with Gasteiger partial charge in [-0.25, -0.2) is 4.79 Å². The number of furan rings is 1. The second-order valence-corrected chi connectivity index (χ2v) is 6.39. The highest BCUT2D eigenvalue weighted by atomic mass is 79.9. The maximum Gasteiger partial charge on any atom is 0.325 e. The topological polar surface area (TPSA) is 91.7 Å². The number of halogens is 1. The Kier molecular flexibility index (Phi) is 4.15. The van der Waals surface area contributed by atoms with Gasteiger partial charge in [-0.3, -0.25) is 14.5 Å². The fraction of sp³-hybridized carbons (Fsp3) is 0.188. The summed E-state index contributed by atoms with van der Waals surface area (Å²) in [4.78, 5) is 37.7. The lowest BCUT2D eigenvalue weighted by molar-refractivity contribution is -0.134. The molecule has 1 atom stereocenters. The summed E-state index contributed by atoms with van der Waals surface area (Å²) in [5, 5.41) is 5.21. The number of benzene rings is 1. The molecule has 7 nitrogen and oxygen atoms in total. The van der Waals surface area contributed by atoms with Crippen molar-refractivity contribution in [2.45, 2.75) is 12.5 Å². The molecule has 2 heterocycles. The fourth-order valence-corrected chi connectivity index (χ4v) is 2.71. The quantitative estimate of drug-likeness (QED) is 0.782. The number of nitrogens with zero attached hydrogens (tertiary/aromatic N) is 1. The molecule has 8 heteroatoms. The first kappa shape index (κ1) is 16.3. The molecule has 24 heavy (non-hydrogen) atoms. The zero-order chi connectivity index (χ0) is 17.3.